The van der Waals surface area contributed by atoms with Crippen molar-refractivity contribution in [2.24, 2.45) is 0 Å². The van der Waals surface area contributed by atoms with E-state index in [1.807, 2.05) is 17.5 Å². The molecule has 1 aromatic heterocycles. The number of methoxy groups -OCH3 is 1. The molecule has 0 aromatic carbocycles. The largest absolute Gasteiger partial charge is 0.385 e. The first-order valence-corrected chi connectivity index (χ1v) is 7.00. The van der Waals surface area contributed by atoms with Gasteiger partial charge in [0.05, 0.1) is 5.01 Å². The molecule has 0 aliphatic rings. The zero-order chi connectivity index (χ0) is 12.7. The van der Waals surface area contributed by atoms with Gasteiger partial charge in [-0.15, -0.1) is 11.3 Å². The molecule has 0 aliphatic carbocycles. The second-order valence-electron chi connectivity index (χ2n) is 5.26. The van der Waals surface area contributed by atoms with Gasteiger partial charge >= 0.3 is 0 Å². The number of rotatable bonds is 7. The van der Waals surface area contributed by atoms with Crippen LogP contribution in [0, 0.1) is 0 Å². The van der Waals surface area contributed by atoms with Gasteiger partial charge < -0.3 is 10.1 Å². The van der Waals surface area contributed by atoms with Crippen LogP contribution in [0.1, 0.15) is 43.5 Å². The highest BCUT2D eigenvalue weighted by Gasteiger charge is 2.17. The van der Waals surface area contributed by atoms with Crippen molar-refractivity contribution in [2.45, 2.75) is 45.6 Å². The number of nitrogens with zero attached hydrogens (tertiary/aromatic N) is 1. The summed E-state index contributed by atoms with van der Waals surface area (Å²) in [6.45, 7) is 9.44. The van der Waals surface area contributed by atoms with E-state index in [0.29, 0.717) is 0 Å². The Hall–Kier alpha value is -0.450. The van der Waals surface area contributed by atoms with Crippen LogP contribution in [-0.4, -0.2) is 25.2 Å². The monoisotopic (exact) mass is 256 g/mol. The molecule has 0 amide bonds. The van der Waals surface area contributed by atoms with Gasteiger partial charge in [-0.1, -0.05) is 20.8 Å². The zero-order valence-electron chi connectivity index (χ0n) is 11.4. The number of aromatic nitrogens is 1. The van der Waals surface area contributed by atoms with Crippen LogP contribution in [-0.2, 0) is 16.7 Å². The van der Waals surface area contributed by atoms with Crippen LogP contribution in [0.2, 0.25) is 0 Å². The van der Waals surface area contributed by atoms with Crippen molar-refractivity contribution in [3.8, 4) is 0 Å². The van der Waals surface area contributed by atoms with Crippen LogP contribution in [0.15, 0.2) is 6.20 Å². The maximum Gasteiger partial charge on any atom is 0.0981 e. The molecule has 0 saturated carbocycles. The van der Waals surface area contributed by atoms with E-state index in [9.17, 15) is 0 Å². The lowest BCUT2D eigenvalue weighted by atomic mass is 9.98. The van der Waals surface area contributed by atoms with Gasteiger partial charge in [0.25, 0.3) is 0 Å². The van der Waals surface area contributed by atoms with Gasteiger partial charge in [0.15, 0.2) is 0 Å². The highest BCUT2D eigenvalue weighted by atomic mass is 32.1. The number of hydrogen-bond acceptors (Lipinski definition) is 4. The van der Waals surface area contributed by atoms with Crippen LogP contribution in [0.4, 0.5) is 0 Å². The molecular formula is C13H24N2OS. The molecule has 0 saturated heterocycles. The Morgan fingerprint density at radius 3 is 2.71 bits per heavy atom. The van der Waals surface area contributed by atoms with Crippen LogP contribution in [0.5, 0.6) is 0 Å². The van der Waals surface area contributed by atoms with Crippen molar-refractivity contribution < 1.29 is 4.74 Å². The smallest absolute Gasteiger partial charge is 0.0981 e. The third-order valence-electron chi connectivity index (χ3n) is 2.45. The van der Waals surface area contributed by atoms with Crippen molar-refractivity contribution in [3.05, 3.63) is 16.1 Å². The van der Waals surface area contributed by atoms with E-state index in [1.165, 1.54) is 16.3 Å². The van der Waals surface area contributed by atoms with E-state index in [4.69, 9.17) is 4.74 Å². The molecule has 3 nitrogen and oxygen atoms in total. The quantitative estimate of drug-likeness (QED) is 0.762. The number of thiazole rings is 1. The van der Waals surface area contributed by atoms with Gasteiger partial charge in [-0.25, -0.2) is 4.98 Å². The Morgan fingerprint density at radius 2 is 2.12 bits per heavy atom. The normalized spacial score (nSPS) is 12.0. The highest BCUT2D eigenvalue weighted by Crippen LogP contribution is 2.26. The van der Waals surface area contributed by atoms with Gasteiger partial charge in [0.1, 0.15) is 0 Å². The van der Waals surface area contributed by atoms with Crippen molar-refractivity contribution in [1.82, 2.24) is 10.3 Å². The molecule has 1 N–H and O–H groups in total. The molecule has 4 heteroatoms. The minimum atomic E-state index is 0.168. The third-order valence-corrected chi connectivity index (χ3v) is 3.87. The first kappa shape index (κ1) is 14.6. The van der Waals surface area contributed by atoms with Crippen LogP contribution >= 0.6 is 11.3 Å². The fourth-order valence-electron chi connectivity index (χ4n) is 1.44. The van der Waals surface area contributed by atoms with Crippen molar-refractivity contribution >= 4 is 11.3 Å². The van der Waals surface area contributed by atoms with E-state index in [0.717, 1.165) is 26.1 Å². The fraction of sp³-hybridized carbons (Fsp3) is 0.769. The summed E-state index contributed by atoms with van der Waals surface area (Å²) in [6, 6.07) is 0. The summed E-state index contributed by atoms with van der Waals surface area (Å²) in [7, 11) is 1.75. The molecule has 98 valence electrons. The molecule has 0 aliphatic heterocycles. The maximum atomic E-state index is 5.01. The summed E-state index contributed by atoms with van der Waals surface area (Å²) in [5.74, 6) is 0. The Kier molecular flexibility index (Phi) is 6.09. The lowest BCUT2D eigenvalue weighted by Gasteiger charge is -2.13. The average Bonchev–Trinajstić information content (AvgIpc) is 2.71. The highest BCUT2D eigenvalue weighted by molar-refractivity contribution is 7.11. The fourth-order valence-corrected chi connectivity index (χ4v) is 2.38. The molecule has 0 fully saturated rings. The van der Waals surface area contributed by atoms with Crippen molar-refractivity contribution in [2.75, 3.05) is 20.3 Å². The molecule has 0 unspecified atom stereocenters. The topological polar surface area (TPSA) is 34.1 Å². The first-order chi connectivity index (χ1) is 8.04. The number of nitrogens with one attached hydrogen (secondary N) is 1. The number of unbranched alkanes of at least 4 members (excludes halogenated alkanes) is 1. The van der Waals surface area contributed by atoms with Crippen LogP contribution < -0.4 is 5.32 Å². The van der Waals surface area contributed by atoms with Crippen LogP contribution in [0.3, 0.4) is 0 Å². The standard InChI is InChI=1S/C13H24N2OS/c1-13(2,3)12-15-10-11(17-12)9-14-7-5-6-8-16-4/h10,14H,5-9H2,1-4H3. The third kappa shape index (κ3) is 5.61. The Bertz CT molecular complexity index is 317. The SMILES string of the molecule is COCCCCNCc1cnc(C(C)(C)C)s1. The Balaban J connectivity index is 2.21. The molecule has 0 radical (unpaired) electrons. The van der Waals surface area contributed by atoms with E-state index in [1.54, 1.807) is 7.11 Å². The maximum absolute atomic E-state index is 5.01. The molecule has 1 heterocycles. The minimum absolute atomic E-state index is 0.168. The number of hydrogen-bond donors (Lipinski definition) is 1. The van der Waals surface area contributed by atoms with Gasteiger partial charge in [-0.2, -0.15) is 0 Å². The predicted molar refractivity (Wildman–Crippen MR) is 73.6 cm³/mol. The molecule has 0 spiro atoms. The van der Waals surface area contributed by atoms with E-state index >= 15 is 0 Å². The Morgan fingerprint density at radius 1 is 1.35 bits per heavy atom. The van der Waals surface area contributed by atoms with Gasteiger partial charge in [-0.3, -0.25) is 0 Å². The molecule has 1 rings (SSSR count). The summed E-state index contributed by atoms with van der Waals surface area (Å²) in [6.07, 6.45) is 4.28. The molecule has 17 heavy (non-hydrogen) atoms. The summed E-state index contributed by atoms with van der Waals surface area (Å²) in [5, 5.41) is 4.66. The van der Waals surface area contributed by atoms with Crippen molar-refractivity contribution in [1.29, 1.82) is 0 Å². The predicted octanol–water partition coefficient (Wildman–Crippen LogP) is 2.96. The molecular weight excluding hydrogens is 232 g/mol. The van der Waals surface area contributed by atoms with Crippen molar-refractivity contribution in [3.63, 3.8) is 0 Å². The molecule has 0 atom stereocenters. The lowest BCUT2D eigenvalue weighted by Crippen LogP contribution is -2.14. The number of ether oxygens (including phenoxy) is 1. The van der Waals surface area contributed by atoms with Gasteiger partial charge in [-0.05, 0) is 19.4 Å². The average molecular weight is 256 g/mol. The zero-order valence-corrected chi connectivity index (χ0v) is 12.2. The molecule has 1 aromatic rings. The second kappa shape index (κ2) is 7.09. The van der Waals surface area contributed by atoms with Crippen LogP contribution in [0.25, 0.3) is 0 Å². The summed E-state index contributed by atoms with van der Waals surface area (Å²) >= 11 is 1.81. The van der Waals surface area contributed by atoms with E-state index in [2.05, 4.69) is 31.1 Å². The lowest BCUT2D eigenvalue weighted by molar-refractivity contribution is 0.192. The molecule has 0 bridgehead atoms. The van der Waals surface area contributed by atoms with Gasteiger partial charge in [0.2, 0.25) is 0 Å². The summed E-state index contributed by atoms with van der Waals surface area (Å²) in [4.78, 5) is 5.80. The van der Waals surface area contributed by atoms with E-state index in [-0.39, 0.29) is 5.41 Å². The van der Waals surface area contributed by atoms with E-state index < -0.39 is 0 Å². The second-order valence-corrected chi connectivity index (χ2v) is 6.37. The Labute approximate surface area is 109 Å². The summed E-state index contributed by atoms with van der Waals surface area (Å²) < 4.78 is 5.01. The minimum Gasteiger partial charge on any atom is -0.385 e. The summed E-state index contributed by atoms with van der Waals surface area (Å²) in [5.41, 5.74) is 0.168. The first-order valence-electron chi connectivity index (χ1n) is 6.19. The van der Waals surface area contributed by atoms with Gasteiger partial charge in [0, 0.05) is 36.8 Å².